The molecule has 5 nitrogen and oxygen atoms in total. The van der Waals surface area contributed by atoms with E-state index in [1.54, 1.807) is 0 Å². The van der Waals surface area contributed by atoms with Crippen LogP contribution in [-0.4, -0.2) is 20.6 Å². The lowest BCUT2D eigenvalue weighted by molar-refractivity contribution is -0.129. The van der Waals surface area contributed by atoms with Gasteiger partial charge >= 0.3 is 0 Å². The average molecular weight is 317 g/mol. The molecule has 4 N–H and O–H groups in total. The van der Waals surface area contributed by atoms with Crippen LogP contribution >= 0.6 is 0 Å². The fourth-order valence-electron chi connectivity index (χ4n) is 1.55. The van der Waals surface area contributed by atoms with Crippen LogP contribution in [0, 0.1) is 0 Å². The van der Waals surface area contributed by atoms with Crippen LogP contribution in [0.15, 0.2) is 48.5 Å². The maximum absolute atomic E-state index is 9.87. The van der Waals surface area contributed by atoms with Crippen molar-refractivity contribution < 1.29 is 9.53 Å². The first-order valence-electron chi connectivity index (χ1n) is 7.55. The Labute approximate surface area is 138 Å². The first-order valence-corrected chi connectivity index (χ1v) is 7.55. The van der Waals surface area contributed by atoms with E-state index in [4.69, 9.17) is 5.73 Å². The number of carbonyl (C=O) groups is 1. The maximum Gasteiger partial charge on any atom is 0.293 e. The number of rotatable bonds is 5. The highest BCUT2D eigenvalue weighted by Gasteiger charge is 1.92. The van der Waals surface area contributed by atoms with Crippen LogP contribution in [0.3, 0.4) is 0 Å². The Morgan fingerprint density at radius 3 is 1.74 bits per heavy atom. The van der Waals surface area contributed by atoms with Gasteiger partial charge in [0.1, 0.15) is 6.61 Å². The van der Waals surface area contributed by atoms with Crippen LogP contribution < -0.4 is 16.4 Å². The minimum Gasteiger partial charge on any atom is -0.463 e. The molecule has 0 heterocycles. The SMILES string of the molecule is CC.CNc1ccc(COC=O)cc1.CNc1ccc(N)cc1. The molecule has 0 radical (unpaired) electrons. The molecular weight excluding hydrogens is 290 g/mol. The van der Waals surface area contributed by atoms with Crippen molar-refractivity contribution in [3.63, 3.8) is 0 Å². The molecule has 0 atom stereocenters. The molecular formula is C18H27N3O2. The fraction of sp³-hybridized carbons (Fsp3) is 0.278. The second-order valence-corrected chi connectivity index (χ2v) is 4.23. The molecule has 126 valence electrons. The topological polar surface area (TPSA) is 76.4 Å². The zero-order valence-corrected chi connectivity index (χ0v) is 14.3. The van der Waals surface area contributed by atoms with Crippen molar-refractivity contribution in [3.8, 4) is 0 Å². The van der Waals surface area contributed by atoms with Crippen molar-refractivity contribution in [2.24, 2.45) is 0 Å². The Morgan fingerprint density at radius 1 is 0.913 bits per heavy atom. The molecule has 2 rings (SSSR count). The van der Waals surface area contributed by atoms with E-state index in [1.807, 2.05) is 76.5 Å². The monoisotopic (exact) mass is 317 g/mol. The average Bonchev–Trinajstić information content (AvgIpc) is 2.63. The van der Waals surface area contributed by atoms with Gasteiger partial charge in [0, 0.05) is 31.2 Å². The van der Waals surface area contributed by atoms with E-state index in [9.17, 15) is 4.79 Å². The van der Waals surface area contributed by atoms with Gasteiger partial charge in [-0.2, -0.15) is 0 Å². The van der Waals surface area contributed by atoms with Crippen molar-refractivity contribution >= 4 is 23.5 Å². The third-order valence-corrected chi connectivity index (χ3v) is 2.76. The molecule has 2 aromatic rings. The van der Waals surface area contributed by atoms with Gasteiger partial charge in [0.25, 0.3) is 6.47 Å². The predicted molar refractivity (Wildman–Crippen MR) is 98.6 cm³/mol. The molecule has 2 aromatic carbocycles. The lowest BCUT2D eigenvalue weighted by Gasteiger charge is -2.01. The van der Waals surface area contributed by atoms with Crippen LogP contribution in [0.2, 0.25) is 0 Å². The summed E-state index contributed by atoms with van der Waals surface area (Å²) in [6, 6.07) is 15.3. The van der Waals surface area contributed by atoms with Gasteiger partial charge in [0.2, 0.25) is 0 Å². The predicted octanol–water partition coefficient (Wildman–Crippen LogP) is 3.74. The number of hydrogen-bond donors (Lipinski definition) is 3. The van der Waals surface area contributed by atoms with E-state index in [1.165, 1.54) is 0 Å². The molecule has 0 bridgehead atoms. The van der Waals surface area contributed by atoms with Crippen LogP contribution in [0.5, 0.6) is 0 Å². The second-order valence-electron chi connectivity index (χ2n) is 4.23. The Morgan fingerprint density at radius 2 is 1.35 bits per heavy atom. The molecule has 23 heavy (non-hydrogen) atoms. The number of hydrogen-bond acceptors (Lipinski definition) is 5. The zero-order chi connectivity index (χ0) is 17.5. The highest BCUT2D eigenvalue weighted by Crippen LogP contribution is 2.09. The van der Waals surface area contributed by atoms with Gasteiger partial charge in [-0.15, -0.1) is 0 Å². The summed E-state index contributed by atoms with van der Waals surface area (Å²) in [6.45, 7) is 4.79. The van der Waals surface area contributed by atoms with Crippen LogP contribution in [0.4, 0.5) is 17.1 Å². The molecule has 0 saturated carbocycles. The smallest absolute Gasteiger partial charge is 0.293 e. The van der Waals surface area contributed by atoms with Crippen molar-refractivity contribution in [1.29, 1.82) is 0 Å². The van der Waals surface area contributed by atoms with Crippen molar-refractivity contribution in [2.45, 2.75) is 20.5 Å². The quantitative estimate of drug-likeness (QED) is 0.578. The fourth-order valence-corrected chi connectivity index (χ4v) is 1.55. The van der Waals surface area contributed by atoms with Gasteiger partial charge in [0.05, 0.1) is 0 Å². The summed E-state index contributed by atoms with van der Waals surface area (Å²) < 4.78 is 4.59. The Bertz CT molecular complexity index is 525. The summed E-state index contributed by atoms with van der Waals surface area (Å²) in [5.74, 6) is 0. The molecule has 0 unspecified atom stereocenters. The largest absolute Gasteiger partial charge is 0.463 e. The van der Waals surface area contributed by atoms with Crippen LogP contribution in [0.1, 0.15) is 19.4 Å². The highest BCUT2D eigenvalue weighted by molar-refractivity contribution is 5.50. The molecule has 5 heteroatoms. The van der Waals surface area contributed by atoms with Crippen molar-refractivity contribution in [1.82, 2.24) is 0 Å². The number of anilines is 3. The molecule has 0 aromatic heterocycles. The number of carbonyl (C=O) groups excluding carboxylic acids is 1. The minimum absolute atomic E-state index is 0.341. The molecule has 0 aliphatic heterocycles. The summed E-state index contributed by atoms with van der Waals surface area (Å²) in [4.78, 5) is 9.87. The minimum atomic E-state index is 0.341. The van der Waals surface area contributed by atoms with Gasteiger partial charge in [-0.25, -0.2) is 0 Å². The van der Waals surface area contributed by atoms with Crippen LogP contribution in [-0.2, 0) is 16.1 Å². The summed E-state index contributed by atoms with van der Waals surface area (Å²) in [5, 5.41) is 6.00. The first kappa shape index (κ1) is 20.3. The molecule has 0 amide bonds. The Balaban J connectivity index is 0.000000392. The van der Waals surface area contributed by atoms with Gasteiger partial charge < -0.3 is 21.1 Å². The summed E-state index contributed by atoms with van der Waals surface area (Å²) in [7, 11) is 3.74. The summed E-state index contributed by atoms with van der Waals surface area (Å²) in [5.41, 5.74) is 9.37. The van der Waals surface area contributed by atoms with E-state index in [-0.39, 0.29) is 0 Å². The number of benzene rings is 2. The van der Waals surface area contributed by atoms with Gasteiger partial charge in [-0.05, 0) is 42.0 Å². The van der Waals surface area contributed by atoms with Gasteiger partial charge in [-0.3, -0.25) is 4.79 Å². The van der Waals surface area contributed by atoms with E-state index >= 15 is 0 Å². The van der Waals surface area contributed by atoms with Crippen LogP contribution in [0.25, 0.3) is 0 Å². The second kappa shape index (κ2) is 13.0. The van der Waals surface area contributed by atoms with Gasteiger partial charge in [0.15, 0.2) is 0 Å². The maximum atomic E-state index is 9.87. The third-order valence-electron chi connectivity index (χ3n) is 2.76. The number of nitrogen functional groups attached to an aromatic ring is 1. The molecule has 0 aliphatic rings. The molecule has 0 aliphatic carbocycles. The molecule has 0 fully saturated rings. The number of nitrogens with one attached hydrogen (secondary N) is 2. The van der Waals surface area contributed by atoms with Crippen molar-refractivity contribution in [2.75, 3.05) is 30.5 Å². The lowest BCUT2D eigenvalue weighted by Crippen LogP contribution is -1.91. The van der Waals surface area contributed by atoms with E-state index in [0.29, 0.717) is 13.1 Å². The third kappa shape index (κ3) is 9.03. The number of nitrogens with two attached hydrogens (primary N) is 1. The van der Waals surface area contributed by atoms with E-state index < -0.39 is 0 Å². The van der Waals surface area contributed by atoms with Crippen molar-refractivity contribution in [3.05, 3.63) is 54.1 Å². The first-order chi connectivity index (χ1) is 11.2. The summed E-state index contributed by atoms with van der Waals surface area (Å²) in [6.07, 6.45) is 0. The summed E-state index contributed by atoms with van der Waals surface area (Å²) >= 11 is 0. The number of ether oxygens (including phenoxy) is 1. The zero-order valence-electron chi connectivity index (χ0n) is 14.3. The lowest BCUT2D eigenvalue weighted by atomic mass is 10.2. The molecule has 0 spiro atoms. The Kier molecular flexibility index (Phi) is 11.5. The Hall–Kier alpha value is -2.69. The van der Waals surface area contributed by atoms with E-state index in [2.05, 4.69) is 15.4 Å². The normalized spacial score (nSPS) is 8.52. The molecule has 0 saturated heterocycles. The standard InChI is InChI=1S/C9H11NO2.C7H10N2.C2H6/c1-10-9-4-2-8(3-5-9)6-12-7-11;1-9-7-4-2-6(8)3-5-7;1-2/h2-5,7,10H,6H2,1H3;2-5,9H,8H2,1H3;1-2H3. The van der Waals surface area contributed by atoms with Gasteiger partial charge in [-0.1, -0.05) is 26.0 Å². The van der Waals surface area contributed by atoms with E-state index in [0.717, 1.165) is 22.6 Å². The highest BCUT2D eigenvalue weighted by atomic mass is 16.5.